The molecule has 1 saturated heterocycles. The minimum absolute atomic E-state index is 0.0838. The van der Waals surface area contributed by atoms with Gasteiger partial charge in [-0.25, -0.2) is 9.07 Å². The smallest absolute Gasteiger partial charge is 0.238 e. The van der Waals surface area contributed by atoms with Crippen molar-refractivity contribution in [3.8, 4) is 11.8 Å². The molecular weight excluding hydrogens is 399 g/mol. The van der Waals surface area contributed by atoms with Crippen molar-refractivity contribution < 1.29 is 14.3 Å². The molecule has 1 aromatic carbocycles. The first-order valence-electron chi connectivity index (χ1n) is 10.8. The van der Waals surface area contributed by atoms with Crippen LogP contribution in [0.15, 0.2) is 24.4 Å². The quantitative estimate of drug-likeness (QED) is 0.588. The first-order valence-corrected chi connectivity index (χ1v) is 10.8. The van der Waals surface area contributed by atoms with E-state index in [9.17, 15) is 19.6 Å². The zero-order valence-electron chi connectivity index (χ0n) is 17.5. The first-order chi connectivity index (χ1) is 15.0. The summed E-state index contributed by atoms with van der Waals surface area (Å²) in [7, 11) is 0. The maximum atomic E-state index is 14.7. The molecule has 1 aromatic heterocycles. The highest BCUT2D eigenvalue weighted by Gasteiger charge is 2.43. The molecule has 9 heteroatoms. The molecule has 164 valence electrons. The zero-order chi connectivity index (χ0) is 22.0. The zero-order valence-corrected chi connectivity index (χ0v) is 17.5. The molecule has 2 fully saturated rings. The van der Waals surface area contributed by atoms with Gasteiger partial charge >= 0.3 is 0 Å². The lowest BCUT2D eigenvalue weighted by Gasteiger charge is -2.23. The Morgan fingerprint density at radius 2 is 2.29 bits per heavy atom. The summed E-state index contributed by atoms with van der Waals surface area (Å²) in [5, 5.41) is 33.3. The number of nitrogens with zero attached hydrogens (tertiary/aromatic N) is 4. The van der Waals surface area contributed by atoms with Gasteiger partial charge < -0.3 is 15.7 Å². The van der Waals surface area contributed by atoms with E-state index in [4.69, 9.17) is 0 Å². The molecule has 2 aromatic rings. The second-order valence-corrected chi connectivity index (χ2v) is 8.51. The molecule has 1 amide bonds. The van der Waals surface area contributed by atoms with E-state index in [1.165, 1.54) is 10.7 Å². The maximum absolute atomic E-state index is 14.7. The van der Waals surface area contributed by atoms with Crippen molar-refractivity contribution in [3.05, 3.63) is 41.5 Å². The van der Waals surface area contributed by atoms with E-state index in [0.717, 1.165) is 19.3 Å². The largest absolute Gasteiger partial charge is 0.393 e. The van der Waals surface area contributed by atoms with Gasteiger partial charge in [-0.3, -0.25) is 4.79 Å². The van der Waals surface area contributed by atoms with Gasteiger partial charge in [0.1, 0.15) is 11.9 Å². The van der Waals surface area contributed by atoms with Crippen LogP contribution in [0.1, 0.15) is 43.9 Å². The Balaban J connectivity index is 1.39. The number of aliphatic hydroxyl groups excluding tert-OH is 1. The molecule has 8 nitrogen and oxygen atoms in total. The number of halogens is 1. The number of aliphatic hydroxyl groups is 1. The number of nitriles is 1. The number of amides is 1. The van der Waals surface area contributed by atoms with E-state index in [2.05, 4.69) is 27.0 Å². The number of hydrogen-bond donors (Lipinski definition) is 3. The van der Waals surface area contributed by atoms with Gasteiger partial charge in [0.25, 0.3) is 0 Å². The number of nitrogens with one attached hydrogen (secondary N) is 2. The van der Waals surface area contributed by atoms with Gasteiger partial charge in [0, 0.05) is 18.9 Å². The fraction of sp³-hybridized carbons (Fsp3) is 0.545. The van der Waals surface area contributed by atoms with Gasteiger partial charge in [0.05, 0.1) is 35.8 Å². The number of fused-ring (bicyclic) bond motifs is 2. The number of carbonyl (C=O) groups is 1. The monoisotopic (exact) mass is 426 g/mol. The summed E-state index contributed by atoms with van der Waals surface area (Å²) in [6.07, 6.45) is 5.39. The van der Waals surface area contributed by atoms with E-state index in [1.807, 2.05) is 6.92 Å². The van der Waals surface area contributed by atoms with Crippen molar-refractivity contribution in [2.75, 3.05) is 0 Å². The molecule has 1 unspecified atom stereocenters. The predicted octanol–water partition coefficient (Wildman–Crippen LogP) is 1.41. The highest BCUT2D eigenvalue weighted by Crippen LogP contribution is 2.35. The first kappa shape index (κ1) is 21.4. The van der Waals surface area contributed by atoms with Crippen LogP contribution in [0.4, 0.5) is 4.39 Å². The summed E-state index contributed by atoms with van der Waals surface area (Å²) >= 11 is 0. The third kappa shape index (κ3) is 4.75. The van der Waals surface area contributed by atoms with Crippen LogP contribution in [-0.2, 0) is 17.6 Å². The SMILES string of the molecule is CCC(O)Cc1cn(-c2ccc(C[C@@H](C#N)NC(=O)[C@H]3N[C@@H]4CC[C@H]3C4)c(F)c2)nn1. The van der Waals surface area contributed by atoms with Gasteiger partial charge in [-0.05, 0) is 49.3 Å². The van der Waals surface area contributed by atoms with Gasteiger partial charge in [-0.2, -0.15) is 5.26 Å². The van der Waals surface area contributed by atoms with Crippen LogP contribution in [0, 0.1) is 23.1 Å². The second kappa shape index (κ2) is 9.12. The van der Waals surface area contributed by atoms with Crippen molar-refractivity contribution >= 4 is 5.91 Å². The van der Waals surface area contributed by atoms with Crippen molar-refractivity contribution in [2.45, 2.75) is 69.7 Å². The minimum atomic E-state index is -0.803. The molecule has 2 aliphatic rings. The summed E-state index contributed by atoms with van der Waals surface area (Å²) in [4.78, 5) is 12.6. The molecular formula is C22H27FN6O2. The number of piperidine rings is 1. The Bertz CT molecular complexity index is 987. The third-order valence-corrected chi connectivity index (χ3v) is 6.30. The number of benzene rings is 1. The molecule has 0 spiro atoms. The molecule has 0 radical (unpaired) electrons. The summed E-state index contributed by atoms with van der Waals surface area (Å²) in [6, 6.07) is 6.03. The van der Waals surface area contributed by atoms with Crippen LogP contribution in [0.5, 0.6) is 0 Å². The van der Waals surface area contributed by atoms with Crippen molar-refractivity contribution in [1.29, 1.82) is 5.26 Å². The minimum Gasteiger partial charge on any atom is -0.393 e. The maximum Gasteiger partial charge on any atom is 0.238 e. The lowest BCUT2D eigenvalue weighted by molar-refractivity contribution is -0.124. The number of carbonyl (C=O) groups excluding carboxylic acids is 1. The summed E-state index contributed by atoms with van der Waals surface area (Å²) < 4.78 is 16.2. The Morgan fingerprint density at radius 3 is 2.94 bits per heavy atom. The van der Waals surface area contributed by atoms with Crippen LogP contribution < -0.4 is 10.6 Å². The molecule has 31 heavy (non-hydrogen) atoms. The van der Waals surface area contributed by atoms with Crippen LogP contribution in [0.25, 0.3) is 5.69 Å². The topological polar surface area (TPSA) is 116 Å². The van der Waals surface area contributed by atoms with Crippen molar-refractivity contribution in [1.82, 2.24) is 25.6 Å². The van der Waals surface area contributed by atoms with Crippen molar-refractivity contribution in [3.63, 3.8) is 0 Å². The summed E-state index contributed by atoms with van der Waals surface area (Å²) in [5.74, 6) is -0.331. The molecule has 2 heterocycles. The Hall–Kier alpha value is -2.83. The molecule has 1 saturated carbocycles. The normalized spacial score (nSPS) is 24.0. The summed E-state index contributed by atoms with van der Waals surface area (Å²) in [6.45, 7) is 1.88. The van der Waals surface area contributed by atoms with Gasteiger partial charge in [-0.15, -0.1) is 5.10 Å². The van der Waals surface area contributed by atoms with Gasteiger partial charge in [0.15, 0.2) is 0 Å². The number of rotatable bonds is 8. The molecule has 1 aliphatic carbocycles. The molecule has 5 atom stereocenters. The van der Waals surface area contributed by atoms with E-state index in [1.54, 1.807) is 18.3 Å². The molecule has 3 N–H and O–H groups in total. The highest BCUT2D eigenvalue weighted by molar-refractivity contribution is 5.83. The molecule has 4 rings (SSSR count). The standard InChI is InChI=1S/C22H27FN6O2/c1-2-19(30)9-17-12-29(28-27-17)18-6-4-13(20(23)10-18)7-16(11-24)26-22(31)21-14-3-5-15(8-14)25-21/h4,6,10,12,14-16,19,21,25,30H,2-3,5,7-9H2,1H3,(H,26,31)/t14-,15+,16-,19?,21-/m0/s1. The number of aromatic nitrogens is 3. The van der Waals surface area contributed by atoms with Crippen LogP contribution in [0.2, 0.25) is 0 Å². The van der Waals surface area contributed by atoms with Crippen LogP contribution in [0.3, 0.4) is 0 Å². The van der Waals surface area contributed by atoms with Crippen LogP contribution in [-0.4, -0.2) is 50.2 Å². The average molecular weight is 426 g/mol. The lowest BCUT2D eigenvalue weighted by atomic mass is 9.98. The van der Waals surface area contributed by atoms with E-state index < -0.39 is 18.0 Å². The number of hydrogen-bond acceptors (Lipinski definition) is 6. The third-order valence-electron chi connectivity index (χ3n) is 6.30. The second-order valence-electron chi connectivity index (χ2n) is 8.51. The Labute approximate surface area is 180 Å². The summed E-state index contributed by atoms with van der Waals surface area (Å²) in [5.41, 5.74) is 1.47. The van der Waals surface area contributed by atoms with E-state index in [0.29, 0.717) is 41.7 Å². The Kier molecular flexibility index (Phi) is 6.30. The molecule has 1 aliphatic heterocycles. The van der Waals surface area contributed by atoms with Crippen LogP contribution >= 0.6 is 0 Å². The fourth-order valence-corrected chi connectivity index (χ4v) is 4.51. The average Bonchev–Trinajstić information content (AvgIpc) is 3.51. The van der Waals surface area contributed by atoms with E-state index >= 15 is 0 Å². The van der Waals surface area contributed by atoms with Crippen molar-refractivity contribution in [2.24, 2.45) is 5.92 Å². The fourth-order valence-electron chi connectivity index (χ4n) is 4.51. The van der Waals surface area contributed by atoms with Gasteiger partial charge in [-0.1, -0.05) is 18.2 Å². The Morgan fingerprint density at radius 1 is 1.45 bits per heavy atom. The highest BCUT2D eigenvalue weighted by atomic mass is 19.1. The predicted molar refractivity (Wildman–Crippen MR) is 111 cm³/mol. The van der Waals surface area contributed by atoms with Gasteiger partial charge in [0.2, 0.25) is 5.91 Å². The lowest BCUT2D eigenvalue weighted by Crippen LogP contribution is -2.50. The van der Waals surface area contributed by atoms with E-state index in [-0.39, 0.29) is 18.4 Å². The molecule has 2 bridgehead atoms.